The lowest BCUT2D eigenvalue weighted by atomic mass is 9.88. The van der Waals surface area contributed by atoms with E-state index < -0.39 is 17.5 Å². The summed E-state index contributed by atoms with van der Waals surface area (Å²) >= 11 is 0. The van der Waals surface area contributed by atoms with E-state index in [-0.39, 0.29) is 12.5 Å². The fourth-order valence-electron chi connectivity index (χ4n) is 5.24. The number of amides is 4. The molecule has 0 unspecified atom stereocenters. The van der Waals surface area contributed by atoms with Gasteiger partial charge < -0.3 is 15.0 Å². The Balaban J connectivity index is 1.37. The first-order valence-electron chi connectivity index (χ1n) is 11.9. The molecule has 3 aromatic carbocycles. The van der Waals surface area contributed by atoms with Gasteiger partial charge in [-0.1, -0.05) is 54.6 Å². The molecule has 6 rings (SSSR count). The normalized spacial score (nSPS) is 18.6. The number of hydrogen-bond acceptors (Lipinski definition) is 5. The van der Waals surface area contributed by atoms with Crippen LogP contribution in [0.2, 0.25) is 0 Å². The van der Waals surface area contributed by atoms with Gasteiger partial charge in [-0.25, -0.2) is 4.79 Å². The molecule has 2 N–H and O–H groups in total. The molecule has 8 nitrogen and oxygen atoms in total. The zero-order chi connectivity index (χ0) is 25.7. The highest BCUT2D eigenvalue weighted by Crippen LogP contribution is 2.34. The van der Waals surface area contributed by atoms with Crippen LogP contribution in [0, 0.1) is 6.92 Å². The van der Waals surface area contributed by atoms with Crippen molar-refractivity contribution >= 4 is 28.6 Å². The first-order valence-corrected chi connectivity index (χ1v) is 11.9. The van der Waals surface area contributed by atoms with Gasteiger partial charge in [-0.2, -0.15) is 0 Å². The van der Waals surface area contributed by atoms with Gasteiger partial charge in [0, 0.05) is 28.8 Å². The molecule has 184 valence electrons. The lowest BCUT2D eigenvalue weighted by Gasteiger charge is -2.31. The average Bonchev–Trinajstić information content (AvgIpc) is 3.37. The molecule has 0 saturated carbocycles. The van der Waals surface area contributed by atoms with Gasteiger partial charge in [-0.3, -0.25) is 19.9 Å². The molecule has 0 spiro atoms. The van der Waals surface area contributed by atoms with Gasteiger partial charge in [-0.05, 0) is 41.6 Å². The number of pyridine rings is 1. The Morgan fingerprint density at radius 1 is 1.00 bits per heavy atom. The number of nitrogens with one attached hydrogen (secondary N) is 2. The molecule has 2 aliphatic rings. The van der Waals surface area contributed by atoms with Crippen LogP contribution in [0.25, 0.3) is 22.0 Å². The van der Waals surface area contributed by atoms with Crippen LogP contribution in [-0.4, -0.2) is 41.4 Å². The maximum atomic E-state index is 13.2. The molecule has 1 atom stereocenters. The molecule has 4 aromatic rings. The molecule has 1 saturated heterocycles. The zero-order valence-corrected chi connectivity index (χ0v) is 20.4. The van der Waals surface area contributed by atoms with Crippen molar-refractivity contribution in [2.24, 2.45) is 0 Å². The summed E-state index contributed by atoms with van der Waals surface area (Å²) in [5, 5.41) is 7.27. The van der Waals surface area contributed by atoms with Crippen molar-refractivity contribution in [3.63, 3.8) is 0 Å². The van der Waals surface area contributed by atoms with Crippen molar-refractivity contribution < 1.29 is 19.1 Å². The number of aromatic nitrogens is 1. The van der Waals surface area contributed by atoms with Gasteiger partial charge in [0.05, 0.1) is 19.3 Å². The fourth-order valence-corrected chi connectivity index (χ4v) is 5.24. The summed E-state index contributed by atoms with van der Waals surface area (Å²) in [4.78, 5) is 45.1. The van der Waals surface area contributed by atoms with Crippen LogP contribution >= 0.6 is 0 Å². The van der Waals surface area contributed by atoms with Gasteiger partial charge >= 0.3 is 6.03 Å². The zero-order valence-electron chi connectivity index (χ0n) is 20.4. The van der Waals surface area contributed by atoms with Crippen LogP contribution in [-0.2, 0) is 16.9 Å². The Morgan fingerprint density at radius 2 is 1.78 bits per heavy atom. The third kappa shape index (κ3) is 3.69. The number of carbonyl (C=O) groups is 3. The summed E-state index contributed by atoms with van der Waals surface area (Å²) in [5.74, 6) is -0.122. The second kappa shape index (κ2) is 8.44. The van der Waals surface area contributed by atoms with Crippen molar-refractivity contribution in [2.75, 3.05) is 13.7 Å². The number of carbonyl (C=O) groups excluding carboxylic acids is 3. The Kier molecular flexibility index (Phi) is 5.19. The highest BCUT2D eigenvalue weighted by atomic mass is 16.5. The largest absolute Gasteiger partial charge is 0.497 e. The number of methoxy groups -OCH3 is 1. The van der Waals surface area contributed by atoms with Gasteiger partial charge in [-0.15, -0.1) is 0 Å². The predicted molar refractivity (Wildman–Crippen MR) is 138 cm³/mol. The van der Waals surface area contributed by atoms with E-state index in [0.717, 1.165) is 33.3 Å². The van der Waals surface area contributed by atoms with E-state index in [9.17, 15) is 14.4 Å². The van der Waals surface area contributed by atoms with Gasteiger partial charge in [0.1, 0.15) is 5.75 Å². The minimum atomic E-state index is -1.42. The van der Waals surface area contributed by atoms with E-state index in [1.165, 1.54) is 0 Å². The number of aryl methyl sites for hydroxylation is 1. The quantitative estimate of drug-likeness (QED) is 0.412. The van der Waals surface area contributed by atoms with E-state index in [1.807, 2.05) is 61.5 Å². The molecule has 1 aromatic heterocycles. The van der Waals surface area contributed by atoms with E-state index in [1.54, 1.807) is 24.1 Å². The van der Waals surface area contributed by atoms with Crippen LogP contribution in [0.5, 0.6) is 5.75 Å². The Bertz CT molecular complexity index is 1600. The molecule has 0 bridgehead atoms. The Hall–Kier alpha value is -4.72. The number of rotatable bonds is 5. The minimum absolute atomic E-state index is 0.00856. The molecule has 3 heterocycles. The number of ether oxygens (including phenoxy) is 1. The smallest absolute Gasteiger partial charge is 0.322 e. The summed E-state index contributed by atoms with van der Waals surface area (Å²) in [6.07, 6.45) is 0. The number of urea groups is 1. The number of benzene rings is 3. The molecule has 4 amide bonds. The Labute approximate surface area is 213 Å². The third-order valence-corrected chi connectivity index (χ3v) is 7.09. The lowest BCUT2D eigenvalue weighted by Crippen LogP contribution is -2.52. The fraction of sp³-hybridized carbons (Fsp3) is 0.172. The number of nitrogens with zero attached hydrogens (tertiary/aromatic N) is 2. The van der Waals surface area contributed by atoms with Crippen molar-refractivity contribution in [1.29, 1.82) is 0 Å². The first kappa shape index (κ1) is 22.7. The first-order chi connectivity index (χ1) is 17.9. The number of imide groups is 1. The minimum Gasteiger partial charge on any atom is -0.497 e. The van der Waals surface area contributed by atoms with Gasteiger partial charge in [0.2, 0.25) is 0 Å². The van der Waals surface area contributed by atoms with E-state index in [4.69, 9.17) is 9.72 Å². The van der Waals surface area contributed by atoms with Crippen molar-refractivity contribution in [3.8, 4) is 17.0 Å². The number of fused-ring (bicyclic) bond motifs is 2. The topological polar surface area (TPSA) is 101 Å². The molecular weight excluding hydrogens is 468 g/mol. The summed E-state index contributed by atoms with van der Waals surface area (Å²) in [5.41, 5.74) is 3.18. The second-order valence-electron chi connectivity index (χ2n) is 9.41. The highest BCUT2D eigenvalue weighted by molar-refractivity contribution is 6.08. The van der Waals surface area contributed by atoms with Gasteiger partial charge in [0.15, 0.2) is 5.54 Å². The molecule has 2 aliphatic heterocycles. The lowest BCUT2D eigenvalue weighted by molar-refractivity contribution is -0.124. The van der Waals surface area contributed by atoms with E-state index in [2.05, 4.69) is 16.7 Å². The summed E-state index contributed by atoms with van der Waals surface area (Å²) in [7, 11) is 1.55. The molecule has 1 fully saturated rings. The standard InChI is InChI=1S/C29H24N4O4/c1-17-13-19-5-3-4-6-23(19)25(30-17)18-7-10-21(11-8-18)29(27(35)31-28(36)32-29)16-33-15-20-9-12-22(37-2)14-24(20)26(33)34/h3-14H,15-16H2,1-2H3,(H2,31,32,35,36)/t29-/m1/s1. The average molecular weight is 493 g/mol. The molecule has 0 radical (unpaired) electrons. The molecule has 0 aliphatic carbocycles. The van der Waals surface area contributed by atoms with Crippen LogP contribution in [0.4, 0.5) is 4.79 Å². The predicted octanol–water partition coefficient (Wildman–Crippen LogP) is 3.91. The SMILES string of the molecule is COc1ccc2c(c1)C(=O)N(C[C@]1(c3ccc(-c4nc(C)cc5ccccc45)cc3)NC(=O)NC1=O)C2. The van der Waals surface area contributed by atoms with E-state index >= 15 is 0 Å². The molecule has 8 heteroatoms. The van der Waals surface area contributed by atoms with Crippen LogP contribution in [0.15, 0.2) is 72.8 Å². The number of hydrogen-bond donors (Lipinski definition) is 2. The van der Waals surface area contributed by atoms with Crippen molar-refractivity contribution in [3.05, 3.63) is 95.2 Å². The van der Waals surface area contributed by atoms with Crippen molar-refractivity contribution in [1.82, 2.24) is 20.5 Å². The second-order valence-corrected chi connectivity index (χ2v) is 9.41. The Morgan fingerprint density at radius 3 is 2.51 bits per heavy atom. The van der Waals surface area contributed by atoms with E-state index in [0.29, 0.717) is 23.4 Å². The maximum Gasteiger partial charge on any atom is 0.322 e. The van der Waals surface area contributed by atoms with Gasteiger partial charge in [0.25, 0.3) is 11.8 Å². The van der Waals surface area contributed by atoms with Crippen molar-refractivity contribution in [2.45, 2.75) is 19.0 Å². The monoisotopic (exact) mass is 492 g/mol. The van der Waals surface area contributed by atoms with Crippen LogP contribution in [0.3, 0.4) is 0 Å². The molecule has 37 heavy (non-hydrogen) atoms. The third-order valence-electron chi connectivity index (χ3n) is 7.09. The van der Waals surface area contributed by atoms with Crippen LogP contribution < -0.4 is 15.4 Å². The highest BCUT2D eigenvalue weighted by Gasteiger charge is 2.50. The summed E-state index contributed by atoms with van der Waals surface area (Å²) in [6, 6.07) is 22.3. The molecular formula is C29H24N4O4. The summed E-state index contributed by atoms with van der Waals surface area (Å²) in [6.45, 7) is 2.28. The summed E-state index contributed by atoms with van der Waals surface area (Å²) < 4.78 is 5.26. The van der Waals surface area contributed by atoms with Crippen LogP contribution in [0.1, 0.15) is 27.2 Å². The maximum absolute atomic E-state index is 13.2.